The van der Waals surface area contributed by atoms with Crippen LogP contribution in [0.15, 0.2) is 12.2 Å². The van der Waals surface area contributed by atoms with Gasteiger partial charge in [-0.1, -0.05) is 187 Å². The second kappa shape index (κ2) is 42.4. The van der Waals surface area contributed by atoms with Crippen molar-refractivity contribution in [1.82, 2.24) is 5.32 Å². The first-order chi connectivity index (χ1) is 37.3. The summed E-state index contributed by atoms with van der Waals surface area (Å²) in [6, 6.07) is -0.887. The van der Waals surface area contributed by atoms with Crippen LogP contribution in [0.1, 0.15) is 219 Å². The summed E-state index contributed by atoms with van der Waals surface area (Å²) >= 11 is 0. The average Bonchev–Trinajstić information content (AvgIpc) is 3.44. The molecule has 0 bridgehead atoms. The number of nitrogens with one attached hydrogen (secondary N) is 1. The van der Waals surface area contributed by atoms with E-state index in [4.69, 9.17) is 28.4 Å². The minimum atomic E-state index is -1.97. The fourth-order valence-corrected chi connectivity index (χ4v) is 10.5. The minimum Gasteiger partial charge on any atom is -0.394 e. The second-order valence-electron chi connectivity index (χ2n) is 22.2. The molecule has 3 fully saturated rings. The maximum absolute atomic E-state index is 13.3. The smallest absolute Gasteiger partial charge is 0.220 e. The highest BCUT2D eigenvalue weighted by molar-refractivity contribution is 5.76. The summed E-state index contributed by atoms with van der Waals surface area (Å²) in [7, 11) is 0. The van der Waals surface area contributed by atoms with Crippen LogP contribution in [0, 0.1) is 0 Å². The SMILES string of the molecule is CCCCCCCCC/C=C\CCCCCCCC(=O)NC(COC1OC(CO)C(OC2OC(CO)C(OC3OC(CO)C(O)C(O)C3O)C(O)C2O)C(O)C1O)C(O)CCCCCCCCCCCCCCCCCC. The van der Waals surface area contributed by atoms with E-state index < -0.39 is 124 Å². The number of ether oxygens (including phenoxy) is 6. The number of carbonyl (C=O) groups excluding carboxylic acids is 1. The predicted octanol–water partition coefficient (Wildman–Crippen LogP) is 5.38. The van der Waals surface area contributed by atoms with Crippen molar-refractivity contribution in [2.24, 2.45) is 0 Å². The van der Waals surface area contributed by atoms with E-state index in [1.165, 1.54) is 122 Å². The van der Waals surface area contributed by atoms with Crippen LogP contribution in [-0.2, 0) is 33.2 Å². The summed E-state index contributed by atoms with van der Waals surface area (Å²) in [5.41, 5.74) is 0. The van der Waals surface area contributed by atoms with Crippen molar-refractivity contribution in [2.45, 2.75) is 324 Å². The highest BCUT2D eigenvalue weighted by Gasteiger charge is 2.53. The molecule has 3 saturated heterocycles. The Morgan fingerprint density at radius 1 is 0.455 bits per heavy atom. The van der Waals surface area contributed by atoms with Crippen LogP contribution in [0.25, 0.3) is 0 Å². The summed E-state index contributed by atoms with van der Waals surface area (Å²) < 4.78 is 34.3. The Balaban J connectivity index is 1.50. The lowest BCUT2D eigenvalue weighted by Crippen LogP contribution is -2.66. The van der Waals surface area contributed by atoms with Crippen LogP contribution in [0.2, 0.25) is 0 Å². The zero-order valence-corrected chi connectivity index (χ0v) is 47.2. The summed E-state index contributed by atoms with van der Waals surface area (Å²) in [4.78, 5) is 13.3. The number of allylic oxidation sites excluding steroid dienone is 2. The van der Waals surface area contributed by atoms with Crippen molar-refractivity contribution in [1.29, 1.82) is 0 Å². The first-order valence-electron chi connectivity index (χ1n) is 30.4. The number of hydrogen-bond acceptors (Lipinski definition) is 18. The minimum absolute atomic E-state index is 0.250. The average molecular weight is 1110 g/mol. The number of unbranched alkanes of at least 4 members (excludes halogenated alkanes) is 27. The molecule has 3 heterocycles. The number of aliphatic hydroxyl groups excluding tert-OH is 11. The molecule has 19 heteroatoms. The lowest BCUT2D eigenvalue weighted by atomic mass is 9.96. The summed E-state index contributed by atoms with van der Waals surface area (Å²) in [5.74, 6) is -0.250. The molecule has 3 aliphatic heterocycles. The molecule has 12 N–H and O–H groups in total. The van der Waals surface area contributed by atoms with Gasteiger partial charge in [0.05, 0.1) is 38.6 Å². The Kier molecular flexibility index (Phi) is 38.4. The third-order valence-corrected chi connectivity index (χ3v) is 15.6. The zero-order valence-electron chi connectivity index (χ0n) is 47.2. The van der Waals surface area contributed by atoms with Gasteiger partial charge in [-0.3, -0.25) is 4.79 Å². The third-order valence-electron chi connectivity index (χ3n) is 15.6. The van der Waals surface area contributed by atoms with Crippen LogP contribution in [-0.4, -0.2) is 193 Å². The van der Waals surface area contributed by atoms with Crippen LogP contribution < -0.4 is 5.32 Å². The summed E-state index contributed by atoms with van der Waals surface area (Å²) in [6.07, 6.45) is 14.3. The standard InChI is InChI=1S/C58H109NO18/c1-3-5-7-9-11-13-15-17-19-21-23-25-27-29-31-33-35-42(63)41(59-46(64)36-34-32-30-28-26-24-22-20-18-16-14-12-10-8-6-4-2)40-72-56-52(70)49(67)54(44(38-61)74-56)77-58-53(71)50(68)55(45(39-62)75-58)76-57-51(69)48(66)47(65)43(37-60)73-57/h20,22,41-45,47-58,60-63,65-71H,3-19,21,23-40H2,1-2H3,(H,59,64)/b22-20-. The second-order valence-corrected chi connectivity index (χ2v) is 22.2. The van der Waals surface area contributed by atoms with Gasteiger partial charge in [0.25, 0.3) is 0 Å². The van der Waals surface area contributed by atoms with E-state index in [0.29, 0.717) is 12.8 Å². The van der Waals surface area contributed by atoms with Gasteiger partial charge in [-0.25, -0.2) is 0 Å². The maximum Gasteiger partial charge on any atom is 0.220 e. The molecule has 17 unspecified atom stereocenters. The molecule has 454 valence electrons. The van der Waals surface area contributed by atoms with Gasteiger partial charge in [-0.05, 0) is 38.5 Å². The van der Waals surface area contributed by atoms with Crippen molar-refractivity contribution in [3.63, 3.8) is 0 Å². The van der Waals surface area contributed by atoms with Gasteiger partial charge in [0.2, 0.25) is 5.91 Å². The first-order valence-corrected chi connectivity index (χ1v) is 30.4. The van der Waals surface area contributed by atoms with E-state index in [-0.39, 0.29) is 18.9 Å². The molecular formula is C58H109NO18. The maximum atomic E-state index is 13.3. The zero-order chi connectivity index (χ0) is 56.2. The Labute approximate surface area is 461 Å². The normalized spacial score (nSPS) is 30.7. The van der Waals surface area contributed by atoms with E-state index in [1.54, 1.807) is 0 Å². The topological polar surface area (TPSA) is 307 Å². The van der Waals surface area contributed by atoms with Gasteiger partial charge >= 0.3 is 0 Å². The molecule has 0 aliphatic carbocycles. The number of carbonyl (C=O) groups is 1. The van der Waals surface area contributed by atoms with Crippen molar-refractivity contribution in [2.75, 3.05) is 26.4 Å². The number of amides is 1. The highest BCUT2D eigenvalue weighted by Crippen LogP contribution is 2.33. The molecule has 17 atom stereocenters. The fraction of sp³-hybridized carbons (Fsp3) is 0.948. The molecule has 0 aromatic rings. The molecule has 19 nitrogen and oxygen atoms in total. The highest BCUT2D eigenvalue weighted by atomic mass is 16.8. The van der Waals surface area contributed by atoms with Crippen LogP contribution in [0.5, 0.6) is 0 Å². The van der Waals surface area contributed by atoms with Crippen LogP contribution in [0.3, 0.4) is 0 Å². The van der Waals surface area contributed by atoms with Crippen molar-refractivity contribution in [3.8, 4) is 0 Å². The van der Waals surface area contributed by atoms with Gasteiger partial charge in [-0.2, -0.15) is 0 Å². The first kappa shape index (κ1) is 69.8. The van der Waals surface area contributed by atoms with Gasteiger partial charge in [-0.15, -0.1) is 0 Å². The molecule has 0 saturated carbocycles. The largest absolute Gasteiger partial charge is 0.394 e. The summed E-state index contributed by atoms with van der Waals surface area (Å²) in [5, 5.41) is 120. The Hall–Kier alpha value is -1.47. The van der Waals surface area contributed by atoms with E-state index >= 15 is 0 Å². The van der Waals surface area contributed by atoms with Gasteiger partial charge in [0.15, 0.2) is 18.9 Å². The molecule has 3 aliphatic rings. The Morgan fingerprint density at radius 2 is 0.818 bits per heavy atom. The summed E-state index contributed by atoms with van der Waals surface area (Å²) in [6.45, 7) is 1.79. The Bertz CT molecular complexity index is 1460. The molecule has 1 amide bonds. The lowest BCUT2D eigenvalue weighted by molar-refractivity contribution is -0.379. The van der Waals surface area contributed by atoms with E-state index in [1.807, 2.05) is 0 Å². The molecule has 0 aromatic heterocycles. The molecule has 0 aromatic carbocycles. The monoisotopic (exact) mass is 1110 g/mol. The van der Waals surface area contributed by atoms with Crippen molar-refractivity contribution in [3.05, 3.63) is 12.2 Å². The lowest BCUT2D eigenvalue weighted by Gasteiger charge is -2.48. The molecule has 0 spiro atoms. The van der Waals surface area contributed by atoms with E-state index in [9.17, 15) is 61.0 Å². The third kappa shape index (κ3) is 26.5. The van der Waals surface area contributed by atoms with Gasteiger partial charge < -0.3 is 89.9 Å². The molecule has 77 heavy (non-hydrogen) atoms. The number of hydrogen-bond donors (Lipinski definition) is 12. The number of rotatable bonds is 45. The van der Waals surface area contributed by atoms with Crippen molar-refractivity contribution < 1.29 is 89.4 Å². The Morgan fingerprint density at radius 3 is 1.26 bits per heavy atom. The van der Waals surface area contributed by atoms with Crippen molar-refractivity contribution >= 4 is 5.91 Å². The van der Waals surface area contributed by atoms with E-state index in [2.05, 4.69) is 31.3 Å². The fourth-order valence-electron chi connectivity index (χ4n) is 10.5. The quantitative estimate of drug-likeness (QED) is 0.0269. The number of aliphatic hydroxyl groups is 11. The molecule has 3 rings (SSSR count). The van der Waals surface area contributed by atoms with Gasteiger partial charge in [0.1, 0.15) is 73.2 Å². The molecular weight excluding hydrogens is 999 g/mol. The van der Waals surface area contributed by atoms with E-state index in [0.717, 1.165) is 64.2 Å². The van der Waals surface area contributed by atoms with Gasteiger partial charge in [0, 0.05) is 6.42 Å². The van der Waals surface area contributed by atoms with Crippen LogP contribution >= 0.6 is 0 Å². The molecule has 0 radical (unpaired) electrons. The predicted molar refractivity (Wildman–Crippen MR) is 291 cm³/mol. The van der Waals surface area contributed by atoms with Crippen LogP contribution in [0.4, 0.5) is 0 Å².